The maximum Gasteiger partial charge on any atom is 0.138 e. The molecule has 0 amide bonds. The predicted molar refractivity (Wildman–Crippen MR) is 85.1 cm³/mol. The number of halogens is 2. The monoisotopic (exact) mass is 319 g/mol. The third-order valence-corrected chi connectivity index (χ3v) is 3.75. The Balaban J connectivity index is 0.00000200. The van der Waals surface area contributed by atoms with Gasteiger partial charge in [-0.05, 0) is 38.1 Å². The topological polar surface area (TPSA) is 32.7 Å². The summed E-state index contributed by atoms with van der Waals surface area (Å²) in [6.07, 6.45) is 4.62. The predicted octanol–water partition coefficient (Wildman–Crippen LogP) is 3.38. The lowest BCUT2D eigenvalue weighted by atomic mass is 10.2. The first-order valence-corrected chi connectivity index (χ1v) is 7.41. The Labute approximate surface area is 132 Å². The minimum absolute atomic E-state index is 0. The molecule has 0 bridgehead atoms. The van der Waals surface area contributed by atoms with Gasteiger partial charge in [0.25, 0.3) is 0 Å². The highest BCUT2D eigenvalue weighted by atomic mass is 35.5. The lowest BCUT2D eigenvalue weighted by molar-refractivity contribution is 0.0694. The smallest absolute Gasteiger partial charge is 0.138 e. The molecule has 1 aliphatic heterocycles. The Hall–Kier alpha value is -0.480. The third kappa shape index (κ3) is 5.88. The van der Waals surface area contributed by atoms with Crippen LogP contribution in [0.3, 0.4) is 0 Å². The lowest BCUT2D eigenvalue weighted by Crippen LogP contribution is -2.36. The second-order valence-electron chi connectivity index (χ2n) is 5.11. The second-order valence-corrected chi connectivity index (χ2v) is 5.52. The molecule has 0 spiro atoms. The Bertz CT molecular complexity index is 382. The molecule has 1 saturated heterocycles. The maximum absolute atomic E-state index is 10.0. The Morgan fingerprint density at radius 2 is 1.80 bits per heavy atom. The Kier molecular flexibility index (Phi) is 8.31. The number of para-hydroxylation sites is 1. The molecule has 0 aliphatic carbocycles. The van der Waals surface area contributed by atoms with Gasteiger partial charge in [0.15, 0.2) is 0 Å². The van der Waals surface area contributed by atoms with Gasteiger partial charge in [-0.2, -0.15) is 0 Å². The highest BCUT2D eigenvalue weighted by Gasteiger charge is 2.14. The van der Waals surface area contributed by atoms with Crippen molar-refractivity contribution < 1.29 is 9.84 Å². The molecule has 5 heteroatoms. The molecule has 20 heavy (non-hydrogen) atoms. The number of β-amino-alcohol motifs (C(OH)–C–C–N with tert-alkyl or cyclic N) is 1. The van der Waals surface area contributed by atoms with Gasteiger partial charge in [0.2, 0.25) is 0 Å². The Morgan fingerprint density at radius 3 is 2.45 bits per heavy atom. The fourth-order valence-electron chi connectivity index (χ4n) is 2.42. The molecule has 1 aromatic rings. The molecule has 2 rings (SSSR count). The summed E-state index contributed by atoms with van der Waals surface area (Å²) in [5.41, 5.74) is 0. The van der Waals surface area contributed by atoms with Crippen LogP contribution < -0.4 is 4.74 Å². The van der Waals surface area contributed by atoms with E-state index in [4.69, 9.17) is 16.3 Å². The normalized spacial score (nSPS) is 17.9. The average molecular weight is 320 g/mol. The zero-order valence-corrected chi connectivity index (χ0v) is 13.2. The quantitative estimate of drug-likeness (QED) is 0.903. The van der Waals surface area contributed by atoms with Gasteiger partial charge in [-0.15, -0.1) is 12.4 Å². The van der Waals surface area contributed by atoms with Crippen LogP contribution in [0.1, 0.15) is 25.7 Å². The van der Waals surface area contributed by atoms with Crippen molar-refractivity contribution in [2.45, 2.75) is 31.8 Å². The van der Waals surface area contributed by atoms with E-state index in [0.717, 1.165) is 13.1 Å². The van der Waals surface area contributed by atoms with Crippen molar-refractivity contribution >= 4 is 24.0 Å². The fraction of sp³-hybridized carbons (Fsp3) is 0.600. The van der Waals surface area contributed by atoms with Gasteiger partial charge < -0.3 is 14.7 Å². The fourth-order valence-corrected chi connectivity index (χ4v) is 2.61. The van der Waals surface area contributed by atoms with Gasteiger partial charge >= 0.3 is 0 Å². The van der Waals surface area contributed by atoms with Crippen molar-refractivity contribution in [2.75, 3.05) is 26.2 Å². The number of ether oxygens (including phenoxy) is 1. The molecule has 1 fully saturated rings. The summed E-state index contributed by atoms with van der Waals surface area (Å²) in [4.78, 5) is 2.33. The number of benzene rings is 1. The summed E-state index contributed by atoms with van der Waals surface area (Å²) in [6.45, 7) is 3.15. The lowest BCUT2D eigenvalue weighted by Gasteiger charge is -2.23. The van der Waals surface area contributed by atoms with E-state index >= 15 is 0 Å². The molecule has 3 nitrogen and oxygen atoms in total. The van der Waals surface area contributed by atoms with Gasteiger partial charge in [-0.1, -0.05) is 36.6 Å². The standard InChI is InChI=1S/C15H22ClNO2.ClH/c16-14-7-3-4-8-15(14)19-12-13(18)11-17-9-5-1-2-6-10-17;/h3-4,7-8,13,18H,1-2,5-6,9-12H2;1H. The van der Waals surface area contributed by atoms with E-state index in [-0.39, 0.29) is 12.4 Å². The van der Waals surface area contributed by atoms with E-state index in [1.165, 1.54) is 25.7 Å². The van der Waals surface area contributed by atoms with Crippen LogP contribution in [0.5, 0.6) is 5.75 Å². The first kappa shape index (κ1) is 17.6. The first-order valence-electron chi connectivity index (χ1n) is 7.03. The van der Waals surface area contributed by atoms with E-state index < -0.39 is 6.10 Å². The minimum atomic E-state index is -0.464. The van der Waals surface area contributed by atoms with Crippen molar-refractivity contribution in [3.63, 3.8) is 0 Å². The molecule has 1 atom stereocenters. The van der Waals surface area contributed by atoms with E-state index in [1.807, 2.05) is 18.2 Å². The molecule has 1 unspecified atom stereocenters. The Morgan fingerprint density at radius 1 is 1.15 bits per heavy atom. The first-order chi connectivity index (χ1) is 9.25. The number of likely N-dealkylation sites (tertiary alicyclic amines) is 1. The number of aliphatic hydroxyl groups is 1. The SMILES string of the molecule is Cl.OC(COc1ccccc1Cl)CN1CCCCCC1. The van der Waals surface area contributed by atoms with E-state index in [2.05, 4.69) is 4.90 Å². The summed E-state index contributed by atoms with van der Waals surface area (Å²) >= 11 is 6.00. The molecular formula is C15H23Cl2NO2. The van der Waals surface area contributed by atoms with Crippen molar-refractivity contribution in [3.8, 4) is 5.75 Å². The van der Waals surface area contributed by atoms with Gasteiger partial charge in [0.1, 0.15) is 18.5 Å². The molecule has 0 aromatic heterocycles. The summed E-state index contributed by atoms with van der Waals surface area (Å²) in [7, 11) is 0. The number of rotatable bonds is 5. The number of aliphatic hydroxyl groups excluding tert-OH is 1. The van der Waals surface area contributed by atoms with Crippen LogP contribution in [0.2, 0.25) is 5.02 Å². The molecule has 1 N–H and O–H groups in total. The van der Waals surface area contributed by atoms with Crippen LogP contribution in [0.4, 0.5) is 0 Å². The summed E-state index contributed by atoms with van der Waals surface area (Å²) in [5.74, 6) is 0.638. The van der Waals surface area contributed by atoms with Crippen LogP contribution in [-0.4, -0.2) is 42.4 Å². The zero-order valence-electron chi connectivity index (χ0n) is 11.6. The van der Waals surface area contributed by atoms with E-state index in [1.54, 1.807) is 6.07 Å². The van der Waals surface area contributed by atoms with Gasteiger partial charge in [-0.3, -0.25) is 0 Å². The van der Waals surface area contributed by atoms with Gasteiger partial charge in [0.05, 0.1) is 5.02 Å². The number of hydrogen-bond acceptors (Lipinski definition) is 3. The second kappa shape index (κ2) is 9.46. The van der Waals surface area contributed by atoms with Crippen molar-refractivity contribution in [3.05, 3.63) is 29.3 Å². The maximum atomic E-state index is 10.0. The molecule has 1 aliphatic rings. The highest BCUT2D eigenvalue weighted by molar-refractivity contribution is 6.32. The van der Waals surface area contributed by atoms with Crippen molar-refractivity contribution in [2.24, 2.45) is 0 Å². The van der Waals surface area contributed by atoms with E-state index in [0.29, 0.717) is 23.9 Å². The van der Waals surface area contributed by atoms with Crippen molar-refractivity contribution in [1.29, 1.82) is 0 Å². The van der Waals surface area contributed by atoms with E-state index in [9.17, 15) is 5.11 Å². The zero-order chi connectivity index (χ0) is 13.5. The molecule has 1 aromatic carbocycles. The highest BCUT2D eigenvalue weighted by Crippen LogP contribution is 2.23. The molecule has 1 heterocycles. The average Bonchev–Trinajstić information content (AvgIpc) is 2.66. The van der Waals surface area contributed by atoms with Crippen LogP contribution in [-0.2, 0) is 0 Å². The summed E-state index contributed by atoms with van der Waals surface area (Å²) < 4.78 is 5.56. The summed E-state index contributed by atoms with van der Waals surface area (Å²) in [5, 5.41) is 10.6. The number of nitrogens with zero attached hydrogens (tertiary/aromatic N) is 1. The third-order valence-electron chi connectivity index (χ3n) is 3.44. The van der Waals surface area contributed by atoms with Crippen LogP contribution >= 0.6 is 24.0 Å². The molecule has 0 radical (unpaired) electrons. The molecule has 0 saturated carbocycles. The van der Waals surface area contributed by atoms with Crippen LogP contribution in [0, 0.1) is 0 Å². The minimum Gasteiger partial charge on any atom is -0.489 e. The van der Waals surface area contributed by atoms with Gasteiger partial charge in [-0.25, -0.2) is 0 Å². The number of hydrogen-bond donors (Lipinski definition) is 1. The van der Waals surface area contributed by atoms with Crippen LogP contribution in [0.15, 0.2) is 24.3 Å². The van der Waals surface area contributed by atoms with Gasteiger partial charge in [0, 0.05) is 6.54 Å². The van der Waals surface area contributed by atoms with Crippen molar-refractivity contribution in [1.82, 2.24) is 4.90 Å². The summed E-state index contributed by atoms with van der Waals surface area (Å²) in [6, 6.07) is 7.35. The van der Waals surface area contributed by atoms with Crippen LogP contribution in [0.25, 0.3) is 0 Å². The molecule has 114 valence electrons. The molecular weight excluding hydrogens is 297 g/mol. The largest absolute Gasteiger partial charge is 0.489 e.